The molecule has 1 atom stereocenters. The van der Waals surface area contributed by atoms with E-state index in [2.05, 4.69) is 63.2 Å². The zero-order valence-corrected chi connectivity index (χ0v) is 15.4. The second-order valence-corrected chi connectivity index (χ2v) is 7.78. The highest BCUT2D eigenvalue weighted by atomic mass is 32.2. The van der Waals surface area contributed by atoms with E-state index in [1.54, 1.807) is 11.8 Å². The highest BCUT2D eigenvalue weighted by Gasteiger charge is 2.21. The van der Waals surface area contributed by atoms with Crippen LogP contribution in [0, 0.1) is 19.8 Å². The summed E-state index contributed by atoms with van der Waals surface area (Å²) in [6.45, 7) is 15.8. The Labute approximate surface area is 136 Å². The first-order valence-corrected chi connectivity index (χ1v) is 8.71. The van der Waals surface area contributed by atoms with Crippen molar-refractivity contribution in [3.05, 3.63) is 23.1 Å². The molecule has 0 fully saturated rings. The molecule has 22 heavy (non-hydrogen) atoms. The minimum absolute atomic E-state index is 0.0899. The SMILES string of the molecule is Cc1nc(S[C@H](C)c2nc(C(C)C)no2)n(CC(C)C)c1C. The van der Waals surface area contributed by atoms with Crippen LogP contribution >= 0.6 is 11.8 Å². The minimum atomic E-state index is 0.0899. The Morgan fingerprint density at radius 3 is 2.32 bits per heavy atom. The van der Waals surface area contributed by atoms with E-state index >= 15 is 0 Å². The summed E-state index contributed by atoms with van der Waals surface area (Å²) in [6.07, 6.45) is 0. The molecule has 0 bridgehead atoms. The Hall–Kier alpha value is -1.30. The van der Waals surface area contributed by atoms with Gasteiger partial charge >= 0.3 is 0 Å². The number of aryl methyl sites for hydroxylation is 1. The van der Waals surface area contributed by atoms with Gasteiger partial charge in [0.05, 0.1) is 10.9 Å². The van der Waals surface area contributed by atoms with Gasteiger partial charge in [-0.15, -0.1) is 0 Å². The Balaban J connectivity index is 2.20. The average molecular weight is 322 g/mol. The van der Waals surface area contributed by atoms with E-state index in [0.717, 1.165) is 23.2 Å². The monoisotopic (exact) mass is 322 g/mol. The molecule has 0 saturated carbocycles. The van der Waals surface area contributed by atoms with Crippen LogP contribution in [0.2, 0.25) is 0 Å². The van der Waals surface area contributed by atoms with Gasteiger partial charge in [-0.3, -0.25) is 0 Å². The van der Waals surface area contributed by atoms with Gasteiger partial charge in [0.2, 0.25) is 5.89 Å². The highest BCUT2D eigenvalue weighted by molar-refractivity contribution is 7.99. The van der Waals surface area contributed by atoms with Gasteiger partial charge in [0.15, 0.2) is 11.0 Å². The lowest BCUT2D eigenvalue weighted by Gasteiger charge is -2.13. The van der Waals surface area contributed by atoms with Gasteiger partial charge in [-0.2, -0.15) is 4.98 Å². The fourth-order valence-electron chi connectivity index (χ4n) is 2.15. The molecule has 2 aromatic rings. The number of nitrogens with zero attached hydrogens (tertiary/aromatic N) is 4. The third-order valence-electron chi connectivity index (χ3n) is 3.57. The van der Waals surface area contributed by atoms with Crippen LogP contribution in [-0.2, 0) is 6.54 Å². The quantitative estimate of drug-likeness (QED) is 0.732. The molecule has 2 rings (SSSR count). The number of hydrogen-bond acceptors (Lipinski definition) is 5. The molecule has 0 aliphatic rings. The maximum absolute atomic E-state index is 5.40. The summed E-state index contributed by atoms with van der Waals surface area (Å²) in [5.74, 6) is 2.29. The second kappa shape index (κ2) is 6.86. The van der Waals surface area contributed by atoms with Crippen molar-refractivity contribution < 1.29 is 4.52 Å². The second-order valence-electron chi connectivity index (χ2n) is 6.48. The maximum atomic E-state index is 5.40. The van der Waals surface area contributed by atoms with Crippen LogP contribution in [0.5, 0.6) is 0 Å². The van der Waals surface area contributed by atoms with Crippen molar-refractivity contribution in [1.82, 2.24) is 19.7 Å². The smallest absolute Gasteiger partial charge is 0.239 e. The summed E-state index contributed by atoms with van der Waals surface area (Å²) in [6, 6.07) is 0. The molecule has 0 spiro atoms. The molecular formula is C16H26N4OS. The maximum Gasteiger partial charge on any atom is 0.239 e. The summed E-state index contributed by atoms with van der Waals surface area (Å²) in [5.41, 5.74) is 2.32. The number of rotatable bonds is 6. The van der Waals surface area contributed by atoms with Gasteiger partial charge in [0, 0.05) is 18.2 Å². The number of hydrogen-bond donors (Lipinski definition) is 0. The van der Waals surface area contributed by atoms with E-state index in [-0.39, 0.29) is 11.2 Å². The van der Waals surface area contributed by atoms with Gasteiger partial charge in [-0.1, -0.05) is 44.6 Å². The lowest BCUT2D eigenvalue weighted by atomic mass is 10.2. The van der Waals surface area contributed by atoms with Crippen LogP contribution in [0.4, 0.5) is 0 Å². The van der Waals surface area contributed by atoms with Crippen molar-refractivity contribution in [3.63, 3.8) is 0 Å². The third kappa shape index (κ3) is 3.72. The Bertz CT molecular complexity index is 630. The van der Waals surface area contributed by atoms with Crippen LogP contribution in [0.1, 0.15) is 68.9 Å². The molecule has 0 amide bonds. The van der Waals surface area contributed by atoms with E-state index in [0.29, 0.717) is 11.8 Å². The molecule has 2 heterocycles. The molecule has 122 valence electrons. The summed E-state index contributed by atoms with van der Waals surface area (Å²) in [7, 11) is 0. The first-order valence-electron chi connectivity index (χ1n) is 7.83. The predicted octanol–water partition coefficient (Wildman–Crippen LogP) is 4.52. The molecule has 0 saturated heterocycles. The Morgan fingerprint density at radius 2 is 1.77 bits per heavy atom. The highest BCUT2D eigenvalue weighted by Crippen LogP contribution is 2.35. The van der Waals surface area contributed by atoms with Crippen LogP contribution in [0.3, 0.4) is 0 Å². The van der Waals surface area contributed by atoms with Crippen molar-refractivity contribution in [3.8, 4) is 0 Å². The predicted molar refractivity (Wildman–Crippen MR) is 89.2 cm³/mol. The molecule has 0 aromatic carbocycles. The zero-order chi connectivity index (χ0) is 16.4. The first-order chi connectivity index (χ1) is 10.3. The number of imidazole rings is 1. The molecule has 0 N–H and O–H groups in total. The molecule has 0 radical (unpaired) electrons. The third-order valence-corrected chi connectivity index (χ3v) is 4.65. The molecule has 6 heteroatoms. The van der Waals surface area contributed by atoms with Crippen LogP contribution < -0.4 is 0 Å². The lowest BCUT2D eigenvalue weighted by Crippen LogP contribution is -2.08. The van der Waals surface area contributed by atoms with Crippen molar-refractivity contribution >= 4 is 11.8 Å². The van der Waals surface area contributed by atoms with Crippen LogP contribution in [0.25, 0.3) is 0 Å². The van der Waals surface area contributed by atoms with Gasteiger partial charge < -0.3 is 9.09 Å². The van der Waals surface area contributed by atoms with Gasteiger partial charge in [0.25, 0.3) is 0 Å². The summed E-state index contributed by atoms with van der Waals surface area (Å²) < 4.78 is 7.69. The topological polar surface area (TPSA) is 56.7 Å². The largest absolute Gasteiger partial charge is 0.338 e. The molecule has 0 aliphatic heterocycles. The molecule has 0 unspecified atom stereocenters. The summed E-state index contributed by atoms with van der Waals surface area (Å²) in [5, 5.41) is 5.16. The zero-order valence-electron chi connectivity index (χ0n) is 14.5. The molecule has 0 aliphatic carbocycles. The summed E-state index contributed by atoms with van der Waals surface area (Å²) >= 11 is 1.68. The molecular weight excluding hydrogens is 296 g/mol. The minimum Gasteiger partial charge on any atom is -0.338 e. The van der Waals surface area contributed by atoms with E-state index in [4.69, 9.17) is 9.51 Å². The van der Waals surface area contributed by atoms with E-state index in [9.17, 15) is 0 Å². The fourth-order valence-corrected chi connectivity index (χ4v) is 3.19. The average Bonchev–Trinajstić information content (AvgIpc) is 3.00. The van der Waals surface area contributed by atoms with Crippen molar-refractivity contribution in [2.45, 2.75) is 71.3 Å². The standard InChI is InChI=1S/C16H26N4OS/c1-9(2)8-20-12(6)11(5)17-16(20)22-13(7)15-18-14(10(3)4)19-21-15/h9-10,13H,8H2,1-7H3/t13-/m1/s1. The molecule has 5 nitrogen and oxygen atoms in total. The summed E-state index contributed by atoms with van der Waals surface area (Å²) in [4.78, 5) is 9.20. The van der Waals surface area contributed by atoms with Crippen molar-refractivity contribution in [2.24, 2.45) is 5.92 Å². The van der Waals surface area contributed by atoms with Crippen molar-refractivity contribution in [1.29, 1.82) is 0 Å². The normalized spacial score (nSPS) is 13.3. The number of aromatic nitrogens is 4. The van der Waals surface area contributed by atoms with Crippen LogP contribution in [0.15, 0.2) is 9.68 Å². The molecule has 2 aromatic heterocycles. The van der Waals surface area contributed by atoms with Crippen molar-refractivity contribution in [2.75, 3.05) is 0 Å². The Kier molecular flexibility index (Phi) is 5.32. The van der Waals surface area contributed by atoms with Gasteiger partial charge in [0.1, 0.15) is 0 Å². The lowest BCUT2D eigenvalue weighted by molar-refractivity contribution is 0.372. The van der Waals surface area contributed by atoms with E-state index in [1.807, 2.05) is 0 Å². The Morgan fingerprint density at radius 1 is 1.09 bits per heavy atom. The van der Waals surface area contributed by atoms with Crippen LogP contribution in [-0.4, -0.2) is 19.7 Å². The van der Waals surface area contributed by atoms with Gasteiger partial charge in [-0.25, -0.2) is 4.98 Å². The first kappa shape index (κ1) is 17.1. The van der Waals surface area contributed by atoms with E-state index in [1.165, 1.54) is 5.69 Å². The van der Waals surface area contributed by atoms with E-state index < -0.39 is 0 Å². The number of thioether (sulfide) groups is 1. The fraction of sp³-hybridized carbons (Fsp3) is 0.688. The van der Waals surface area contributed by atoms with Gasteiger partial charge in [-0.05, 0) is 26.7 Å².